The maximum absolute atomic E-state index is 11.6. The molecule has 1 unspecified atom stereocenters. The Labute approximate surface area is 104 Å². The summed E-state index contributed by atoms with van der Waals surface area (Å²) in [6, 6.07) is -0.833. The molecule has 8 heteroatoms. The van der Waals surface area contributed by atoms with Gasteiger partial charge in [0.2, 0.25) is 5.96 Å². The second kappa shape index (κ2) is 6.82. The van der Waals surface area contributed by atoms with Crippen molar-refractivity contribution in [3.8, 4) is 0 Å². The molecule has 1 aliphatic heterocycles. The van der Waals surface area contributed by atoms with Crippen molar-refractivity contribution < 1.29 is 15.0 Å². The average Bonchev–Trinajstić information content (AvgIpc) is 2.34. The van der Waals surface area contributed by atoms with E-state index < -0.39 is 11.9 Å². The lowest BCUT2D eigenvalue weighted by Crippen LogP contribution is -2.50. The van der Waals surface area contributed by atoms with E-state index >= 15 is 0 Å². The molecule has 0 saturated heterocycles. The van der Waals surface area contributed by atoms with Crippen LogP contribution in [0.4, 0.5) is 0 Å². The Hall–Kier alpha value is -1.80. The molecule has 0 aromatic rings. The Bertz CT molecular complexity index is 387. The van der Waals surface area contributed by atoms with Gasteiger partial charge in [0.15, 0.2) is 11.9 Å². The minimum Gasteiger partial charge on any atom is -0.396 e. The van der Waals surface area contributed by atoms with Crippen LogP contribution in [0.25, 0.3) is 0 Å². The van der Waals surface area contributed by atoms with Crippen LogP contribution in [0, 0.1) is 5.92 Å². The van der Waals surface area contributed by atoms with Gasteiger partial charge in [-0.3, -0.25) is 20.1 Å². The molecule has 0 aliphatic carbocycles. The second-order valence-corrected chi connectivity index (χ2v) is 3.73. The molecule has 0 bridgehead atoms. The summed E-state index contributed by atoms with van der Waals surface area (Å²) < 4.78 is 0. The molecule has 100 valence electrons. The van der Waals surface area contributed by atoms with Gasteiger partial charge < -0.3 is 15.9 Å². The first kappa shape index (κ1) is 14.3. The van der Waals surface area contributed by atoms with E-state index in [4.69, 9.17) is 15.9 Å². The summed E-state index contributed by atoms with van der Waals surface area (Å²) in [4.78, 5) is 23.6. The molecule has 5 N–H and O–H groups in total. The van der Waals surface area contributed by atoms with Crippen molar-refractivity contribution in [1.82, 2.24) is 5.32 Å². The standard InChI is InChI=1S/C10H17N5O3/c1-2-12-7-8(13-3-6(4-16)5-17)14-10(11)15-9(7)18/h2,6-7,16-17H,3-5H2,1H3,(H3,11,13,14,15,18)/b12-2-. The lowest BCUT2D eigenvalue weighted by Gasteiger charge is -2.18. The fourth-order valence-electron chi connectivity index (χ4n) is 1.33. The van der Waals surface area contributed by atoms with Gasteiger partial charge in [-0.25, -0.2) is 0 Å². The zero-order valence-electron chi connectivity index (χ0n) is 10.1. The van der Waals surface area contributed by atoms with Crippen molar-refractivity contribution in [1.29, 1.82) is 0 Å². The number of nitrogens with two attached hydrogens (primary N) is 1. The van der Waals surface area contributed by atoms with Crippen LogP contribution in [-0.4, -0.2) is 59.9 Å². The number of nitrogens with one attached hydrogen (secondary N) is 1. The molecular weight excluding hydrogens is 238 g/mol. The zero-order valence-corrected chi connectivity index (χ0v) is 10.1. The summed E-state index contributed by atoms with van der Waals surface area (Å²) >= 11 is 0. The predicted molar refractivity (Wildman–Crippen MR) is 67.7 cm³/mol. The topological polar surface area (TPSA) is 133 Å². The maximum Gasteiger partial charge on any atom is 0.259 e. The number of carbonyl (C=O) groups is 1. The Kier molecular flexibility index (Phi) is 5.40. The largest absolute Gasteiger partial charge is 0.396 e. The number of carbonyl (C=O) groups excluding carboxylic acids is 1. The lowest BCUT2D eigenvalue weighted by molar-refractivity contribution is -0.119. The van der Waals surface area contributed by atoms with Crippen LogP contribution in [0.1, 0.15) is 6.92 Å². The first-order chi connectivity index (χ1) is 8.62. The molecular formula is C10H17N5O3. The summed E-state index contributed by atoms with van der Waals surface area (Å²) in [5.74, 6) is -0.638. The number of aliphatic hydroxyl groups excluding tert-OH is 2. The molecule has 0 saturated carbocycles. The minimum absolute atomic E-state index is 0.0362. The predicted octanol–water partition coefficient (Wildman–Crippen LogP) is -2.11. The molecule has 18 heavy (non-hydrogen) atoms. The number of aliphatic imine (C=N–C) groups is 3. The Morgan fingerprint density at radius 3 is 2.78 bits per heavy atom. The normalized spacial score (nSPS) is 22.7. The summed E-state index contributed by atoms with van der Waals surface area (Å²) in [6.45, 7) is 1.44. The van der Waals surface area contributed by atoms with Crippen LogP contribution in [0.5, 0.6) is 0 Å². The van der Waals surface area contributed by atoms with Crippen LogP contribution in [-0.2, 0) is 4.79 Å². The van der Waals surface area contributed by atoms with E-state index in [1.807, 2.05) is 0 Å². The SMILES string of the molecule is C/C=N\C1C(=O)NC(N)=N/C1=N\CC(CO)CO. The highest BCUT2D eigenvalue weighted by atomic mass is 16.3. The Morgan fingerprint density at radius 1 is 1.56 bits per heavy atom. The number of aliphatic hydroxyl groups is 2. The van der Waals surface area contributed by atoms with Gasteiger partial charge in [-0.1, -0.05) is 0 Å². The van der Waals surface area contributed by atoms with Gasteiger partial charge in [0.25, 0.3) is 5.91 Å². The van der Waals surface area contributed by atoms with E-state index in [-0.39, 0.29) is 37.5 Å². The molecule has 1 atom stereocenters. The van der Waals surface area contributed by atoms with Gasteiger partial charge in [0, 0.05) is 25.7 Å². The third-order valence-corrected chi connectivity index (χ3v) is 2.31. The quantitative estimate of drug-likeness (QED) is 0.418. The Balaban J connectivity index is 2.89. The summed E-state index contributed by atoms with van der Waals surface area (Å²) in [7, 11) is 0. The van der Waals surface area contributed by atoms with Crippen molar-refractivity contribution in [2.45, 2.75) is 13.0 Å². The number of guanidine groups is 1. The molecule has 0 aromatic carbocycles. The summed E-state index contributed by atoms with van der Waals surface area (Å²) in [6.07, 6.45) is 1.48. The smallest absolute Gasteiger partial charge is 0.259 e. The lowest BCUT2D eigenvalue weighted by atomic mass is 10.2. The van der Waals surface area contributed by atoms with Crippen molar-refractivity contribution in [3.05, 3.63) is 0 Å². The molecule has 1 heterocycles. The highest BCUT2D eigenvalue weighted by molar-refractivity contribution is 6.19. The van der Waals surface area contributed by atoms with Crippen molar-refractivity contribution in [2.24, 2.45) is 26.6 Å². The van der Waals surface area contributed by atoms with E-state index in [0.717, 1.165) is 0 Å². The molecule has 1 aliphatic rings. The minimum atomic E-state index is -0.833. The molecule has 0 aromatic heterocycles. The average molecular weight is 255 g/mol. The van der Waals surface area contributed by atoms with E-state index in [0.29, 0.717) is 0 Å². The van der Waals surface area contributed by atoms with Gasteiger partial charge in [0.05, 0.1) is 0 Å². The molecule has 8 nitrogen and oxygen atoms in total. The zero-order chi connectivity index (χ0) is 13.5. The van der Waals surface area contributed by atoms with Crippen LogP contribution < -0.4 is 11.1 Å². The molecule has 1 rings (SSSR count). The van der Waals surface area contributed by atoms with Gasteiger partial charge in [-0.05, 0) is 13.1 Å². The third-order valence-electron chi connectivity index (χ3n) is 2.31. The van der Waals surface area contributed by atoms with E-state index in [2.05, 4.69) is 20.3 Å². The molecule has 0 radical (unpaired) electrons. The van der Waals surface area contributed by atoms with Gasteiger partial charge in [-0.2, -0.15) is 4.99 Å². The summed E-state index contributed by atoms with van der Waals surface area (Å²) in [5, 5.41) is 20.2. The number of hydrogen-bond acceptors (Lipinski definition) is 6. The van der Waals surface area contributed by atoms with Gasteiger partial charge >= 0.3 is 0 Å². The maximum atomic E-state index is 11.6. The number of rotatable bonds is 5. The van der Waals surface area contributed by atoms with Crippen molar-refractivity contribution >= 4 is 23.9 Å². The second-order valence-electron chi connectivity index (χ2n) is 3.73. The number of amides is 1. The van der Waals surface area contributed by atoms with Crippen LogP contribution in [0.2, 0.25) is 0 Å². The van der Waals surface area contributed by atoms with E-state index in [1.165, 1.54) is 6.21 Å². The number of hydrogen-bond donors (Lipinski definition) is 4. The number of nitrogens with zero attached hydrogens (tertiary/aromatic N) is 3. The third kappa shape index (κ3) is 3.60. The highest BCUT2D eigenvalue weighted by Crippen LogP contribution is 2.04. The molecule has 1 amide bonds. The van der Waals surface area contributed by atoms with E-state index in [1.54, 1.807) is 6.92 Å². The van der Waals surface area contributed by atoms with E-state index in [9.17, 15) is 4.79 Å². The van der Waals surface area contributed by atoms with Crippen LogP contribution in [0.3, 0.4) is 0 Å². The fraction of sp³-hybridized carbons (Fsp3) is 0.600. The van der Waals surface area contributed by atoms with Crippen LogP contribution in [0.15, 0.2) is 15.0 Å². The highest BCUT2D eigenvalue weighted by Gasteiger charge is 2.28. The fourth-order valence-corrected chi connectivity index (χ4v) is 1.33. The molecule has 0 fully saturated rings. The van der Waals surface area contributed by atoms with Gasteiger partial charge in [-0.15, -0.1) is 0 Å². The first-order valence-corrected chi connectivity index (χ1v) is 5.51. The number of amidine groups is 1. The van der Waals surface area contributed by atoms with Crippen LogP contribution >= 0.6 is 0 Å². The molecule has 0 spiro atoms. The Morgan fingerprint density at radius 2 is 2.22 bits per heavy atom. The first-order valence-electron chi connectivity index (χ1n) is 5.51. The summed E-state index contributed by atoms with van der Waals surface area (Å²) in [5.41, 5.74) is 5.43. The van der Waals surface area contributed by atoms with Gasteiger partial charge in [0.1, 0.15) is 0 Å². The van der Waals surface area contributed by atoms with Crippen molar-refractivity contribution in [3.63, 3.8) is 0 Å². The van der Waals surface area contributed by atoms with Crippen molar-refractivity contribution in [2.75, 3.05) is 19.8 Å². The monoisotopic (exact) mass is 255 g/mol.